The van der Waals surface area contributed by atoms with Gasteiger partial charge in [-0.25, -0.2) is 9.78 Å². The van der Waals surface area contributed by atoms with E-state index in [1.54, 1.807) is 24.3 Å². The molecule has 0 saturated carbocycles. The Morgan fingerprint density at radius 3 is 2.67 bits per heavy atom. The first kappa shape index (κ1) is 15.2. The van der Waals surface area contributed by atoms with Gasteiger partial charge in [-0.3, -0.25) is 4.79 Å². The molecular formula is C15H16N2O3S. The van der Waals surface area contributed by atoms with E-state index in [1.807, 2.05) is 30.3 Å². The quantitative estimate of drug-likeness (QED) is 0.797. The second kappa shape index (κ2) is 6.99. The van der Waals surface area contributed by atoms with Crippen LogP contribution in [0.25, 0.3) is 0 Å². The van der Waals surface area contributed by atoms with Crippen LogP contribution in [-0.2, 0) is 11.3 Å². The molecule has 1 heterocycles. The zero-order valence-electron chi connectivity index (χ0n) is 11.9. The van der Waals surface area contributed by atoms with Crippen molar-refractivity contribution in [3.05, 3.63) is 52.0 Å². The minimum atomic E-state index is -0.493. The minimum Gasteiger partial charge on any atom is -0.461 e. The summed E-state index contributed by atoms with van der Waals surface area (Å²) in [4.78, 5) is 29.4. The van der Waals surface area contributed by atoms with E-state index in [1.165, 1.54) is 0 Å². The van der Waals surface area contributed by atoms with Crippen LogP contribution < -0.4 is 0 Å². The Morgan fingerprint density at radius 1 is 1.29 bits per heavy atom. The second-order valence-electron chi connectivity index (χ2n) is 4.41. The summed E-state index contributed by atoms with van der Waals surface area (Å²) in [5, 5.41) is 1.78. The molecule has 0 fully saturated rings. The van der Waals surface area contributed by atoms with E-state index in [-0.39, 0.29) is 23.2 Å². The number of esters is 1. The molecule has 110 valence electrons. The molecule has 0 unspecified atom stereocenters. The molecular weight excluding hydrogens is 288 g/mol. The number of nitrogens with zero attached hydrogens (tertiary/aromatic N) is 2. The third-order valence-corrected chi connectivity index (χ3v) is 3.60. The first-order valence-electron chi connectivity index (χ1n) is 6.54. The van der Waals surface area contributed by atoms with Gasteiger partial charge in [0.25, 0.3) is 5.91 Å². The van der Waals surface area contributed by atoms with Gasteiger partial charge < -0.3 is 9.64 Å². The Hall–Kier alpha value is -2.21. The molecule has 2 aromatic rings. The Balaban J connectivity index is 2.04. The normalized spacial score (nSPS) is 10.2. The van der Waals surface area contributed by atoms with Crippen molar-refractivity contribution in [2.24, 2.45) is 0 Å². The first-order chi connectivity index (χ1) is 10.1. The molecule has 6 heteroatoms. The summed E-state index contributed by atoms with van der Waals surface area (Å²) < 4.78 is 4.86. The van der Waals surface area contributed by atoms with Gasteiger partial charge in [0.2, 0.25) is 5.01 Å². The van der Waals surface area contributed by atoms with Crippen LogP contribution in [0.3, 0.4) is 0 Å². The number of ether oxygens (including phenoxy) is 1. The van der Waals surface area contributed by atoms with E-state index in [0.29, 0.717) is 6.54 Å². The van der Waals surface area contributed by atoms with Crippen molar-refractivity contribution in [2.75, 3.05) is 13.7 Å². The fourth-order valence-corrected chi connectivity index (χ4v) is 2.47. The van der Waals surface area contributed by atoms with Crippen LogP contribution in [0.15, 0.2) is 35.7 Å². The van der Waals surface area contributed by atoms with Gasteiger partial charge in [-0.15, -0.1) is 11.3 Å². The molecule has 0 aliphatic rings. The molecule has 21 heavy (non-hydrogen) atoms. The molecule has 2 rings (SSSR count). The Kier molecular flexibility index (Phi) is 5.05. The molecule has 5 nitrogen and oxygen atoms in total. The lowest BCUT2D eigenvalue weighted by Gasteiger charge is -2.15. The van der Waals surface area contributed by atoms with Crippen LogP contribution in [0.5, 0.6) is 0 Å². The molecule has 0 aliphatic carbocycles. The van der Waals surface area contributed by atoms with Crippen LogP contribution in [-0.4, -0.2) is 35.4 Å². The summed E-state index contributed by atoms with van der Waals surface area (Å²) in [6.07, 6.45) is 0. The second-order valence-corrected chi connectivity index (χ2v) is 5.26. The average Bonchev–Trinajstić information content (AvgIpc) is 2.97. The van der Waals surface area contributed by atoms with Crippen molar-refractivity contribution in [1.82, 2.24) is 9.88 Å². The summed E-state index contributed by atoms with van der Waals surface area (Å²) in [5.74, 6) is -0.710. The third kappa shape index (κ3) is 3.88. The molecule has 0 N–H and O–H groups in total. The van der Waals surface area contributed by atoms with Gasteiger partial charge in [0.1, 0.15) is 5.69 Å². The number of hydrogen-bond acceptors (Lipinski definition) is 5. The van der Waals surface area contributed by atoms with Crippen LogP contribution in [0.2, 0.25) is 0 Å². The SMILES string of the molecule is CCOC(=O)c1nc(C(=O)N(C)Cc2ccccc2)cs1. The first-order valence-corrected chi connectivity index (χ1v) is 7.41. The van der Waals surface area contributed by atoms with E-state index in [0.717, 1.165) is 16.9 Å². The largest absolute Gasteiger partial charge is 0.461 e. The number of thiazole rings is 1. The maximum absolute atomic E-state index is 12.3. The minimum absolute atomic E-state index is 0.202. The van der Waals surface area contributed by atoms with Crippen LogP contribution in [0.1, 0.15) is 32.8 Å². The third-order valence-electron chi connectivity index (χ3n) is 2.78. The van der Waals surface area contributed by atoms with Gasteiger partial charge in [0, 0.05) is 19.0 Å². The number of hydrogen-bond donors (Lipinski definition) is 0. The predicted octanol–water partition coefficient (Wildman–Crippen LogP) is 2.59. The summed E-state index contributed by atoms with van der Waals surface area (Å²) in [5.41, 5.74) is 1.30. The summed E-state index contributed by atoms with van der Waals surface area (Å²) in [6, 6.07) is 9.69. The highest BCUT2D eigenvalue weighted by Gasteiger charge is 2.19. The maximum Gasteiger partial charge on any atom is 0.367 e. The molecule has 0 radical (unpaired) electrons. The number of carbonyl (C=O) groups is 2. The fourth-order valence-electron chi connectivity index (χ4n) is 1.78. The number of amides is 1. The van der Waals surface area contributed by atoms with Crippen LogP contribution in [0, 0.1) is 0 Å². The standard InChI is InChI=1S/C15H16N2O3S/c1-3-20-15(19)13-16-12(10-21-13)14(18)17(2)9-11-7-5-4-6-8-11/h4-8,10H,3,9H2,1-2H3. The van der Waals surface area contributed by atoms with Crippen LogP contribution in [0.4, 0.5) is 0 Å². The number of aromatic nitrogens is 1. The van der Waals surface area contributed by atoms with E-state index in [9.17, 15) is 9.59 Å². The molecule has 1 aromatic carbocycles. The summed E-state index contributed by atoms with van der Waals surface area (Å²) in [7, 11) is 1.71. The lowest BCUT2D eigenvalue weighted by atomic mass is 10.2. The summed E-state index contributed by atoms with van der Waals surface area (Å²) >= 11 is 1.12. The van der Waals surface area contributed by atoms with Crippen molar-refractivity contribution in [3.63, 3.8) is 0 Å². The Labute approximate surface area is 127 Å². The molecule has 1 amide bonds. The van der Waals surface area contributed by atoms with E-state index >= 15 is 0 Å². The maximum atomic E-state index is 12.3. The van der Waals surface area contributed by atoms with Gasteiger partial charge in [0.05, 0.1) is 6.61 Å². The highest BCUT2D eigenvalue weighted by Crippen LogP contribution is 2.14. The van der Waals surface area contributed by atoms with Gasteiger partial charge in [-0.05, 0) is 12.5 Å². The Morgan fingerprint density at radius 2 is 2.00 bits per heavy atom. The topological polar surface area (TPSA) is 59.5 Å². The molecule has 0 aliphatic heterocycles. The lowest BCUT2D eigenvalue weighted by molar-refractivity contribution is 0.0526. The average molecular weight is 304 g/mol. The smallest absolute Gasteiger partial charge is 0.367 e. The molecule has 0 spiro atoms. The lowest BCUT2D eigenvalue weighted by Crippen LogP contribution is -2.26. The monoisotopic (exact) mass is 304 g/mol. The zero-order chi connectivity index (χ0) is 15.2. The molecule has 0 bridgehead atoms. The fraction of sp³-hybridized carbons (Fsp3) is 0.267. The van der Waals surface area contributed by atoms with Crippen molar-refractivity contribution in [1.29, 1.82) is 0 Å². The van der Waals surface area contributed by atoms with Gasteiger partial charge in [0.15, 0.2) is 0 Å². The number of carbonyl (C=O) groups excluding carboxylic acids is 2. The van der Waals surface area contributed by atoms with E-state index in [2.05, 4.69) is 4.98 Å². The number of benzene rings is 1. The van der Waals surface area contributed by atoms with Gasteiger partial charge >= 0.3 is 5.97 Å². The van der Waals surface area contributed by atoms with Crippen molar-refractivity contribution in [2.45, 2.75) is 13.5 Å². The zero-order valence-corrected chi connectivity index (χ0v) is 12.7. The van der Waals surface area contributed by atoms with Crippen molar-refractivity contribution < 1.29 is 14.3 Å². The van der Waals surface area contributed by atoms with Gasteiger partial charge in [-0.1, -0.05) is 30.3 Å². The van der Waals surface area contributed by atoms with E-state index < -0.39 is 5.97 Å². The highest BCUT2D eigenvalue weighted by atomic mass is 32.1. The Bertz CT molecular complexity index is 625. The van der Waals surface area contributed by atoms with Crippen LogP contribution >= 0.6 is 11.3 Å². The summed E-state index contributed by atoms with van der Waals surface area (Å²) in [6.45, 7) is 2.51. The predicted molar refractivity (Wildman–Crippen MR) is 80.3 cm³/mol. The molecule has 1 aromatic heterocycles. The number of rotatable bonds is 5. The molecule has 0 saturated heterocycles. The van der Waals surface area contributed by atoms with E-state index in [4.69, 9.17) is 4.74 Å². The molecule has 0 atom stereocenters. The highest BCUT2D eigenvalue weighted by molar-refractivity contribution is 7.11. The van der Waals surface area contributed by atoms with Gasteiger partial charge in [-0.2, -0.15) is 0 Å². The van der Waals surface area contributed by atoms with Crippen molar-refractivity contribution in [3.8, 4) is 0 Å². The van der Waals surface area contributed by atoms with Crippen molar-refractivity contribution >= 4 is 23.2 Å².